The Morgan fingerprint density at radius 3 is 2.15 bits per heavy atom. The number of aliphatic imine (C=N–C) groups is 1. The maximum Gasteiger partial charge on any atom is 0.129 e. The summed E-state index contributed by atoms with van der Waals surface area (Å²) in [6.45, 7) is 0. The summed E-state index contributed by atoms with van der Waals surface area (Å²) in [5.41, 5.74) is 4.88. The van der Waals surface area contributed by atoms with Crippen molar-refractivity contribution in [2.75, 3.05) is 0 Å². The van der Waals surface area contributed by atoms with Gasteiger partial charge in [0.25, 0.3) is 0 Å². The van der Waals surface area contributed by atoms with Crippen LogP contribution in [0, 0.1) is 0 Å². The number of halogens is 2. The zero-order valence-electron chi connectivity index (χ0n) is 13.9. The fraction of sp³-hybridized carbons (Fsp3) is 0.136. The van der Waals surface area contributed by atoms with E-state index in [1.54, 1.807) is 0 Å². The molecule has 3 aromatic rings. The van der Waals surface area contributed by atoms with Gasteiger partial charge in [-0.25, -0.2) is 0 Å². The average molecular weight is 424 g/mol. The van der Waals surface area contributed by atoms with Gasteiger partial charge in [-0.2, -0.15) is 0 Å². The van der Waals surface area contributed by atoms with Crippen LogP contribution in [0.4, 0.5) is 0 Å². The molecule has 3 aromatic carbocycles. The molecule has 0 radical (unpaired) electrons. The molecule has 2 nitrogen and oxygen atoms in total. The maximum absolute atomic E-state index is 6.07. The zero-order valence-corrected chi connectivity index (χ0v) is 16.2. The van der Waals surface area contributed by atoms with Crippen LogP contribution in [0.3, 0.4) is 0 Å². The number of fused-ring (bicyclic) bond motifs is 1. The fourth-order valence-corrected chi connectivity index (χ4v) is 4.26. The van der Waals surface area contributed by atoms with E-state index in [2.05, 4.69) is 87.6 Å². The summed E-state index contributed by atoms with van der Waals surface area (Å²) in [5.74, 6) is 0. The molecular formula is C22H16BrClN2. The first-order chi connectivity index (χ1) is 12.7. The van der Waals surface area contributed by atoms with E-state index in [1.807, 2.05) is 12.1 Å². The normalized spacial score (nSPS) is 26.3. The minimum Gasteiger partial charge on any atom is -0.263 e. The Hall–Kier alpha value is -1.94. The monoisotopic (exact) mass is 422 g/mol. The lowest BCUT2D eigenvalue weighted by Crippen LogP contribution is -2.08. The summed E-state index contributed by atoms with van der Waals surface area (Å²) >= 11 is 9.60. The van der Waals surface area contributed by atoms with E-state index in [4.69, 9.17) is 16.6 Å². The molecule has 0 spiro atoms. The number of hydrogen-bond acceptors (Lipinski definition) is 2. The minimum absolute atomic E-state index is 0.0592. The SMILES string of the molecule is Clc1ccc(C2=N[C@H](c3ccc(Br)cc3)N3[C@H]2[C@H]3c2ccccc2)cc1. The molecule has 0 bridgehead atoms. The molecule has 0 aliphatic carbocycles. The van der Waals surface area contributed by atoms with Crippen LogP contribution in [0.15, 0.2) is 88.3 Å². The van der Waals surface area contributed by atoms with Crippen LogP contribution in [-0.4, -0.2) is 16.7 Å². The molecule has 128 valence electrons. The van der Waals surface area contributed by atoms with E-state index in [1.165, 1.54) is 11.1 Å². The first kappa shape index (κ1) is 16.2. The van der Waals surface area contributed by atoms with E-state index >= 15 is 0 Å². The molecule has 0 aromatic heterocycles. The van der Waals surface area contributed by atoms with Gasteiger partial charge in [-0.3, -0.25) is 9.89 Å². The Labute approximate surface area is 166 Å². The third kappa shape index (κ3) is 2.71. The van der Waals surface area contributed by atoms with Gasteiger partial charge in [0.2, 0.25) is 0 Å². The van der Waals surface area contributed by atoms with Crippen molar-refractivity contribution < 1.29 is 0 Å². The van der Waals surface area contributed by atoms with E-state index in [9.17, 15) is 0 Å². The number of rotatable bonds is 3. The number of hydrogen-bond donors (Lipinski definition) is 0. The van der Waals surface area contributed by atoms with Gasteiger partial charge in [0.15, 0.2) is 0 Å². The molecular weight excluding hydrogens is 408 g/mol. The van der Waals surface area contributed by atoms with Crippen molar-refractivity contribution in [1.82, 2.24) is 4.90 Å². The molecule has 1 fully saturated rings. The first-order valence-corrected chi connectivity index (χ1v) is 9.81. The predicted octanol–water partition coefficient (Wildman–Crippen LogP) is 6.03. The van der Waals surface area contributed by atoms with Crippen LogP contribution < -0.4 is 0 Å². The van der Waals surface area contributed by atoms with Crippen molar-refractivity contribution in [3.63, 3.8) is 0 Å². The molecule has 5 rings (SSSR count). The number of benzene rings is 3. The van der Waals surface area contributed by atoms with Gasteiger partial charge in [-0.15, -0.1) is 0 Å². The van der Waals surface area contributed by atoms with Crippen LogP contribution in [0.5, 0.6) is 0 Å². The first-order valence-electron chi connectivity index (χ1n) is 8.64. The molecule has 26 heavy (non-hydrogen) atoms. The van der Waals surface area contributed by atoms with Gasteiger partial charge in [-0.1, -0.05) is 82.1 Å². The van der Waals surface area contributed by atoms with Crippen molar-refractivity contribution in [3.8, 4) is 0 Å². The number of nitrogens with zero attached hydrogens (tertiary/aromatic N) is 2. The van der Waals surface area contributed by atoms with Crippen LogP contribution in [0.2, 0.25) is 5.02 Å². The van der Waals surface area contributed by atoms with Crippen molar-refractivity contribution in [1.29, 1.82) is 0 Å². The van der Waals surface area contributed by atoms with Gasteiger partial charge < -0.3 is 0 Å². The fourth-order valence-electron chi connectivity index (χ4n) is 3.87. The molecule has 0 amide bonds. The van der Waals surface area contributed by atoms with Crippen LogP contribution in [0.1, 0.15) is 28.9 Å². The van der Waals surface area contributed by atoms with E-state index in [0.29, 0.717) is 12.1 Å². The molecule has 0 N–H and O–H groups in total. The third-order valence-electron chi connectivity index (χ3n) is 5.12. The molecule has 2 heterocycles. The quantitative estimate of drug-likeness (QED) is 0.470. The summed E-state index contributed by atoms with van der Waals surface area (Å²) in [5, 5.41) is 0.754. The van der Waals surface area contributed by atoms with Crippen molar-refractivity contribution in [2.45, 2.75) is 18.2 Å². The molecule has 4 atom stereocenters. The van der Waals surface area contributed by atoms with Gasteiger partial charge in [-0.05, 0) is 41.0 Å². The molecule has 0 saturated carbocycles. The predicted molar refractivity (Wildman–Crippen MR) is 110 cm³/mol. The average Bonchev–Trinajstić information content (AvgIpc) is 3.29. The second kappa shape index (κ2) is 6.34. The third-order valence-corrected chi connectivity index (χ3v) is 5.91. The largest absolute Gasteiger partial charge is 0.263 e. The topological polar surface area (TPSA) is 15.4 Å². The summed E-state index contributed by atoms with van der Waals surface area (Å²) in [7, 11) is 0. The molecule has 2 aliphatic rings. The maximum atomic E-state index is 6.07. The highest BCUT2D eigenvalue weighted by atomic mass is 79.9. The van der Waals surface area contributed by atoms with Crippen molar-refractivity contribution >= 4 is 33.2 Å². The highest BCUT2D eigenvalue weighted by Crippen LogP contribution is 2.55. The summed E-state index contributed by atoms with van der Waals surface area (Å²) in [4.78, 5) is 7.57. The highest BCUT2D eigenvalue weighted by Gasteiger charge is 2.59. The molecule has 4 heteroatoms. The van der Waals surface area contributed by atoms with Gasteiger partial charge in [0, 0.05) is 9.50 Å². The van der Waals surface area contributed by atoms with E-state index in [0.717, 1.165) is 20.8 Å². The summed E-state index contributed by atoms with van der Waals surface area (Å²) < 4.78 is 1.09. The minimum atomic E-state index is 0.0592. The molecule has 2 aliphatic heterocycles. The van der Waals surface area contributed by atoms with Gasteiger partial charge in [0.05, 0.1) is 17.8 Å². The second-order valence-electron chi connectivity index (χ2n) is 6.69. The van der Waals surface area contributed by atoms with Crippen molar-refractivity contribution in [2.24, 2.45) is 4.99 Å². The summed E-state index contributed by atoms with van der Waals surface area (Å²) in [6.07, 6.45) is 0.0592. The Morgan fingerprint density at radius 2 is 1.46 bits per heavy atom. The lowest BCUT2D eigenvalue weighted by Gasteiger charge is -2.14. The van der Waals surface area contributed by atoms with Crippen LogP contribution >= 0.6 is 27.5 Å². The zero-order chi connectivity index (χ0) is 17.7. The van der Waals surface area contributed by atoms with Gasteiger partial charge in [0.1, 0.15) is 6.17 Å². The lowest BCUT2D eigenvalue weighted by atomic mass is 10.0. The molecule has 1 unspecified atom stereocenters. The highest BCUT2D eigenvalue weighted by molar-refractivity contribution is 9.10. The Morgan fingerprint density at radius 1 is 0.769 bits per heavy atom. The standard InChI is InChI=1S/C22H16BrClN2/c23-17-10-6-16(7-11-17)22-25-19(14-8-12-18(24)13-9-14)21-20(26(21)22)15-4-2-1-3-5-15/h1-13,20-22H/t20-,21-,22+,26?/m1/s1. The molecule has 1 saturated heterocycles. The van der Waals surface area contributed by atoms with E-state index in [-0.39, 0.29) is 6.17 Å². The summed E-state index contributed by atoms with van der Waals surface area (Å²) in [6, 6.07) is 27.9. The lowest BCUT2D eigenvalue weighted by molar-refractivity contribution is 0.404. The Balaban J connectivity index is 1.56. The van der Waals surface area contributed by atoms with Crippen LogP contribution in [-0.2, 0) is 0 Å². The van der Waals surface area contributed by atoms with Crippen molar-refractivity contribution in [3.05, 3.63) is 105 Å². The second-order valence-corrected chi connectivity index (χ2v) is 8.05. The van der Waals surface area contributed by atoms with Crippen LogP contribution in [0.25, 0.3) is 0 Å². The smallest absolute Gasteiger partial charge is 0.129 e. The van der Waals surface area contributed by atoms with E-state index < -0.39 is 0 Å². The van der Waals surface area contributed by atoms with Gasteiger partial charge >= 0.3 is 0 Å². The Kier molecular flexibility index (Phi) is 3.96. The Bertz CT molecular complexity index is 967.